The number of aromatic nitrogens is 3. The molecule has 0 radical (unpaired) electrons. The molecular weight excluding hydrogens is 395 g/mol. The Morgan fingerprint density at radius 2 is 2.18 bits per heavy atom. The van der Waals surface area contributed by atoms with E-state index in [9.17, 15) is 0 Å². The van der Waals surface area contributed by atoms with Gasteiger partial charge in [-0.3, -0.25) is 4.99 Å². The smallest absolute Gasteiger partial charge is 0.191 e. The summed E-state index contributed by atoms with van der Waals surface area (Å²) in [6, 6.07) is 0. The van der Waals surface area contributed by atoms with E-state index in [0.717, 1.165) is 44.5 Å². The highest BCUT2D eigenvalue weighted by Gasteiger charge is 2.03. The van der Waals surface area contributed by atoms with Crippen molar-refractivity contribution >= 4 is 29.9 Å². The number of rotatable bonds is 9. The number of hydrogen-bond acceptors (Lipinski definition) is 4. The Bertz CT molecular complexity index is 421. The highest BCUT2D eigenvalue weighted by atomic mass is 127. The fourth-order valence-corrected chi connectivity index (χ4v) is 1.76. The molecule has 0 saturated heterocycles. The van der Waals surface area contributed by atoms with Crippen LogP contribution in [0.25, 0.3) is 0 Å². The lowest BCUT2D eigenvalue weighted by Gasteiger charge is -2.12. The van der Waals surface area contributed by atoms with Crippen LogP contribution in [0.2, 0.25) is 0 Å². The summed E-state index contributed by atoms with van der Waals surface area (Å²) < 4.78 is 7.54. The van der Waals surface area contributed by atoms with E-state index in [1.54, 1.807) is 13.4 Å². The minimum absolute atomic E-state index is 0. The normalized spacial score (nSPS) is 11.4. The number of nitrogens with one attached hydrogen (secondary N) is 2. The number of guanidine groups is 1. The quantitative estimate of drug-likeness (QED) is 0.273. The summed E-state index contributed by atoms with van der Waals surface area (Å²) in [6.07, 6.45) is 2.69. The Morgan fingerprint density at radius 1 is 1.41 bits per heavy atom. The third-order valence-corrected chi connectivity index (χ3v) is 2.88. The molecule has 0 atom stereocenters. The lowest BCUT2D eigenvalue weighted by molar-refractivity contribution is 0.108. The molecule has 0 aliphatic heterocycles. The summed E-state index contributed by atoms with van der Waals surface area (Å²) in [6.45, 7) is 10.3. The van der Waals surface area contributed by atoms with Gasteiger partial charge in [0.2, 0.25) is 0 Å². The van der Waals surface area contributed by atoms with Crippen molar-refractivity contribution in [3.63, 3.8) is 0 Å². The minimum atomic E-state index is 0. The first-order valence-electron chi connectivity index (χ1n) is 7.56. The number of hydrogen-bond donors (Lipinski definition) is 2. The van der Waals surface area contributed by atoms with Crippen molar-refractivity contribution in [3.8, 4) is 0 Å². The second-order valence-electron chi connectivity index (χ2n) is 5.21. The Hall–Kier alpha value is -0.900. The monoisotopic (exact) mass is 424 g/mol. The first-order valence-corrected chi connectivity index (χ1v) is 7.56. The average molecular weight is 424 g/mol. The first kappa shape index (κ1) is 21.1. The number of aliphatic imine (C=N–C) groups is 1. The van der Waals surface area contributed by atoms with Crippen molar-refractivity contribution in [1.29, 1.82) is 0 Å². The molecule has 0 saturated carbocycles. The van der Waals surface area contributed by atoms with Crippen LogP contribution in [0.1, 0.15) is 33.0 Å². The lowest BCUT2D eigenvalue weighted by Crippen LogP contribution is -2.38. The van der Waals surface area contributed by atoms with Gasteiger partial charge in [0.05, 0.1) is 6.54 Å². The molecule has 0 aliphatic rings. The molecule has 128 valence electrons. The standard InChI is InChI=1S/C14H28N6O.HI/c1-5-20-11-18-19-13(20)9-17-14(15-4)16-7-6-8-21-10-12(2)3;/h11-12H,5-10H2,1-4H3,(H2,15,16,17);1H. The van der Waals surface area contributed by atoms with Gasteiger partial charge in [-0.2, -0.15) is 0 Å². The predicted octanol–water partition coefficient (Wildman–Crippen LogP) is 1.64. The highest BCUT2D eigenvalue weighted by molar-refractivity contribution is 14.0. The zero-order valence-electron chi connectivity index (χ0n) is 14.0. The molecule has 1 aromatic rings. The van der Waals surface area contributed by atoms with Crippen LogP contribution in [-0.2, 0) is 17.8 Å². The zero-order valence-corrected chi connectivity index (χ0v) is 16.3. The van der Waals surface area contributed by atoms with E-state index in [1.165, 1.54) is 0 Å². The molecule has 1 aromatic heterocycles. The fraction of sp³-hybridized carbons (Fsp3) is 0.786. The van der Waals surface area contributed by atoms with Crippen LogP contribution in [-0.4, -0.2) is 47.5 Å². The molecule has 1 rings (SSSR count). The van der Waals surface area contributed by atoms with Gasteiger partial charge in [0.15, 0.2) is 11.8 Å². The Kier molecular flexibility index (Phi) is 12.1. The van der Waals surface area contributed by atoms with Gasteiger partial charge in [-0.25, -0.2) is 0 Å². The van der Waals surface area contributed by atoms with E-state index in [4.69, 9.17) is 4.74 Å². The summed E-state index contributed by atoms with van der Waals surface area (Å²) in [4.78, 5) is 4.19. The molecule has 0 fully saturated rings. The highest BCUT2D eigenvalue weighted by Crippen LogP contribution is 1.94. The topological polar surface area (TPSA) is 76.4 Å². The Morgan fingerprint density at radius 3 is 2.82 bits per heavy atom. The molecule has 8 heteroatoms. The van der Waals surface area contributed by atoms with E-state index in [0.29, 0.717) is 12.5 Å². The van der Waals surface area contributed by atoms with Crippen molar-refractivity contribution < 1.29 is 4.74 Å². The molecule has 0 spiro atoms. The van der Waals surface area contributed by atoms with Gasteiger partial charge >= 0.3 is 0 Å². The molecule has 0 aromatic carbocycles. The average Bonchev–Trinajstić information content (AvgIpc) is 2.92. The Balaban J connectivity index is 0.00000441. The molecule has 0 bridgehead atoms. The summed E-state index contributed by atoms with van der Waals surface area (Å²) >= 11 is 0. The van der Waals surface area contributed by atoms with Crippen LogP contribution >= 0.6 is 24.0 Å². The van der Waals surface area contributed by atoms with Gasteiger partial charge in [0, 0.05) is 33.4 Å². The van der Waals surface area contributed by atoms with Gasteiger partial charge in [0.1, 0.15) is 6.33 Å². The summed E-state index contributed by atoms with van der Waals surface area (Å²) in [7, 11) is 1.76. The molecule has 0 aliphatic carbocycles. The fourth-order valence-electron chi connectivity index (χ4n) is 1.76. The van der Waals surface area contributed by atoms with Crippen LogP contribution < -0.4 is 10.6 Å². The van der Waals surface area contributed by atoms with E-state index in [-0.39, 0.29) is 24.0 Å². The summed E-state index contributed by atoms with van der Waals surface area (Å²) in [5.74, 6) is 2.26. The molecule has 2 N–H and O–H groups in total. The van der Waals surface area contributed by atoms with Crippen LogP contribution in [0.15, 0.2) is 11.3 Å². The second-order valence-corrected chi connectivity index (χ2v) is 5.21. The third kappa shape index (κ3) is 8.52. The lowest BCUT2D eigenvalue weighted by atomic mass is 10.2. The second kappa shape index (κ2) is 12.6. The molecular formula is C14H29IN6O. The van der Waals surface area contributed by atoms with Gasteiger partial charge in [-0.1, -0.05) is 13.8 Å². The molecule has 22 heavy (non-hydrogen) atoms. The van der Waals surface area contributed by atoms with Crippen molar-refractivity contribution in [2.45, 2.75) is 40.3 Å². The van der Waals surface area contributed by atoms with Crippen LogP contribution in [0.3, 0.4) is 0 Å². The van der Waals surface area contributed by atoms with Crippen molar-refractivity contribution in [2.24, 2.45) is 10.9 Å². The van der Waals surface area contributed by atoms with Crippen molar-refractivity contribution in [3.05, 3.63) is 12.2 Å². The number of aryl methyl sites for hydroxylation is 1. The summed E-state index contributed by atoms with van der Waals surface area (Å²) in [5, 5.41) is 14.5. The van der Waals surface area contributed by atoms with Crippen LogP contribution in [0.5, 0.6) is 0 Å². The molecule has 0 unspecified atom stereocenters. The van der Waals surface area contributed by atoms with Gasteiger partial charge in [0.25, 0.3) is 0 Å². The van der Waals surface area contributed by atoms with Gasteiger partial charge in [-0.05, 0) is 19.3 Å². The number of ether oxygens (including phenoxy) is 1. The van der Waals surface area contributed by atoms with Gasteiger partial charge < -0.3 is 19.9 Å². The predicted molar refractivity (Wildman–Crippen MR) is 99.6 cm³/mol. The van der Waals surface area contributed by atoms with Gasteiger partial charge in [-0.15, -0.1) is 34.2 Å². The largest absolute Gasteiger partial charge is 0.381 e. The van der Waals surface area contributed by atoms with Crippen LogP contribution in [0, 0.1) is 5.92 Å². The molecule has 0 amide bonds. The van der Waals surface area contributed by atoms with E-state index < -0.39 is 0 Å². The third-order valence-electron chi connectivity index (χ3n) is 2.88. The van der Waals surface area contributed by atoms with Crippen LogP contribution in [0.4, 0.5) is 0 Å². The molecule has 7 nitrogen and oxygen atoms in total. The van der Waals surface area contributed by atoms with Crippen molar-refractivity contribution in [1.82, 2.24) is 25.4 Å². The summed E-state index contributed by atoms with van der Waals surface area (Å²) in [5.41, 5.74) is 0. The maximum absolute atomic E-state index is 5.54. The molecule has 1 heterocycles. The zero-order chi connectivity index (χ0) is 15.5. The number of nitrogens with zero attached hydrogens (tertiary/aromatic N) is 4. The number of halogens is 1. The maximum atomic E-state index is 5.54. The van der Waals surface area contributed by atoms with Crippen molar-refractivity contribution in [2.75, 3.05) is 26.8 Å². The van der Waals surface area contributed by atoms with E-state index in [2.05, 4.69) is 46.6 Å². The first-order chi connectivity index (χ1) is 10.2. The van der Waals surface area contributed by atoms with E-state index in [1.807, 2.05) is 4.57 Å². The Labute approximate surface area is 150 Å². The van der Waals surface area contributed by atoms with E-state index >= 15 is 0 Å². The minimum Gasteiger partial charge on any atom is -0.381 e. The maximum Gasteiger partial charge on any atom is 0.191 e. The SMILES string of the molecule is CCn1cnnc1CNC(=NC)NCCCOCC(C)C.I.